The number of hydrogen-bond acceptors (Lipinski definition) is 7. The number of aromatic amines is 1. The number of hydrogen-bond donors (Lipinski definition) is 8. The Bertz CT molecular complexity index is 762. The first-order valence-electron chi connectivity index (χ1n) is 8.93. The number of guanidine groups is 1. The minimum Gasteiger partial charge on any atom is -0.481 e. The molecule has 11 N–H and O–H groups in total. The molecule has 30 heavy (non-hydrogen) atoms. The van der Waals surface area contributed by atoms with Gasteiger partial charge in [0.2, 0.25) is 11.8 Å². The third kappa shape index (κ3) is 9.01. The Hall–Kier alpha value is -3.68. The Labute approximate surface area is 171 Å². The highest BCUT2D eigenvalue weighted by Gasteiger charge is 2.29. The predicted molar refractivity (Wildman–Crippen MR) is 104 cm³/mol. The molecule has 1 rings (SSSR count). The summed E-state index contributed by atoms with van der Waals surface area (Å²) in [6.45, 7) is 0.181. The normalized spacial score (nSPS) is 13.5. The van der Waals surface area contributed by atoms with Gasteiger partial charge in [-0.15, -0.1) is 0 Å². The molecule has 1 aromatic rings. The zero-order valence-corrected chi connectivity index (χ0v) is 16.1. The number of nitrogens with one attached hydrogen (secondary N) is 3. The lowest BCUT2D eigenvalue weighted by molar-refractivity contribution is -0.143. The van der Waals surface area contributed by atoms with Gasteiger partial charge in [-0.05, 0) is 12.8 Å². The number of carboxylic acids is 2. The van der Waals surface area contributed by atoms with E-state index in [0.717, 1.165) is 0 Å². The first-order valence-corrected chi connectivity index (χ1v) is 8.93. The summed E-state index contributed by atoms with van der Waals surface area (Å²) in [4.78, 5) is 57.3. The van der Waals surface area contributed by atoms with E-state index in [2.05, 4.69) is 25.6 Å². The summed E-state index contributed by atoms with van der Waals surface area (Å²) < 4.78 is 0. The smallest absolute Gasteiger partial charge is 0.326 e. The van der Waals surface area contributed by atoms with E-state index in [-0.39, 0.29) is 31.8 Å². The van der Waals surface area contributed by atoms with Gasteiger partial charge in [0.25, 0.3) is 0 Å². The standard InChI is InChI=1S/C16H26N8O6/c17-9(5-12(25)26)13(27)24-11(4-8-6-20-7-22-8)14(28)23-10(15(29)30)2-1-3-21-16(18)19/h6-7,9-11H,1-5,17H2,(H,20,22)(H,23,28)(H,24,27)(H,25,26)(H,29,30)(H4,18,19,21). The van der Waals surface area contributed by atoms with Gasteiger partial charge in [0.05, 0.1) is 18.8 Å². The molecule has 0 saturated carbocycles. The second kappa shape index (κ2) is 12.0. The number of aliphatic carboxylic acids is 2. The Morgan fingerprint density at radius 3 is 2.33 bits per heavy atom. The third-order valence-electron chi connectivity index (χ3n) is 3.90. The SMILES string of the molecule is NC(N)=NCCCC(NC(=O)C(Cc1cnc[nH]1)NC(=O)C(N)CC(=O)O)C(=O)O. The van der Waals surface area contributed by atoms with E-state index in [1.54, 1.807) is 0 Å². The molecule has 1 aromatic heterocycles. The van der Waals surface area contributed by atoms with Crippen LogP contribution in [0, 0.1) is 0 Å². The number of nitrogens with two attached hydrogens (primary N) is 3. The van der Waals surface area contributed by atoms with Crippen LogP contribution in [0.1, 0.15) is 25.0 Å². The minimum absolute atomic E-state index is 0.0428. The number of aliphatic imine (C=N–C) groups is 1. The summed E-state index contributed by atoms with van der Waals surface area (Å²) in [5.74, 6) is -4.33. The highest BCUT2D eigenvalue weighted by Crippen LogP contribution is 2.04. The lowest BCUT2D eigenvalue weighted by Gasteiger charge is -2.22. The number of aromatic nitrogens is 2. The molecule has 0 aliphatic rings. The molecule has 0 aromatic carbocycles. The molecule has 1 heterocycles. The second-order valence-electron chi connectivity index (χ2n) is 6.39. The van der Waals surface area contributed by atoms with Gasteiger partial charge in [0, 0.05) is 24.9 Å². The molecule has 0 spiro atoms. The summed E-state index contributed by atoms with van der Waals surface area (Å²) in [5.41, 5.74) is 16.4. The van der Waals surface area contributed by atoms with Crippen LogP contribution in [0.2, 0.25) is 0 Å². The Morgan fingerprint density at radius 2 is 1.80 bits per heavy atom. The first-order chi connectivity index (χ1) is 14.1. The summed E-state index contributed by atoms with van der Waals surface area (Å²) in [5, 5.41) is 22.8. The summed E-state index contributed by atoms with van der Waals surface area (Å²) in [7, 11) is 0. The van der Waals surface area contributed by atoms with Crippen molar-refractivity contribution in [2.24, 2.45) is 22.2 Å². The van der Waals surface area contributed by atoms with E-state index < -0.39 is 48.3 Å². The molecule has 3 unspecified atom stereocenters. The molecule has 3 atom stereocenters. The fourth-order valence-corrected chi connectivity index (χ4v) is 2.42. The highest BCUT2D eigenvalue weighted by molar-refractivity contribution is 5.93. The lowest BCUT2D eigenvalue weighted by Crippen LogP contribution is -2.55. The van der Waals surface area contributed by atoms with Gasteiger partial charge >= 0.3 is 11.9 Å². The maximum Gasteiger partial charge on any atom is 0.326 e. The van der Waals surface area contributed by atoms with E-state index >= 15 is 0 Å². The topological polar surface area (TPSA) is 252 Å². The molecule has 14 nitrogen and oxygen atoms in total. The van der Waals surface area contributed by atoms with Crippen LogP contribution < -0.4 is 27.8 Å². The van der Waals surface area contributed by atoms with Crippen molar-refractivity contribution >= 4 is 29.7 Å². The van der Waals surface area contributed by atoms with Crippen molar-refractivity contribution in [1.82, 2.24) is 20.6 Å². The average molecular weight is 426 g/mol. The number of H-pyrrole nitrogens is 1. The zero-order valence-electron chi connectivity index (χ0n) is 16.1. The van der Waals surface area contributed by atoms with Crippen molar-refractivity contribution in [2.75, 3.05) is 6.54 Å². The first kappa shape index (κ1) is 24.4. The molecular weight excluding hydrogens is 400 g/mol. The molecule has 14 heteroatoms. The maximum atomic E-state index is 12.7. The molecule has 0 radical (unpaired) electrons. The molecule has 0 bridgehead atoms. The van der Waals surface area contributed by atoms with Gasteiger partial charge in [-0.25, -0.2) is 9.78 Å². The molecular formula is C16H26N8O6. The van der Waals surface area contributed by atoms with Gasteiger partial charge in [0.1, 0.15) is 12.1 Å². The molecule has 166 valence electrons. The maximum absolute atomic E-state index is 12.7. The van der Waals surface area contributed by atoms with Crippen LogP contribution in [-0.4, -0.2) is 74.6 Å². The van der Waals surface area contributed by atoms with Crippen LogP contribution in [0.25, 0.3) is 0 Å². The van der Waals surface area contributed by atoms with E-state index in [4.69, 9.17) is 22.3 Å². The Balaban J connectivity index is 2.83. The lowest BCUT2D eigenvalue weighted by atomic mass is 10.1. The number of rotatable bonds is 13. The summed E-state index contributed by atoms with van der Waals surface area (Å²) >= 11 is 0. The monoisotopic (exact) mass is 426 g/mol. The van der Waals surface area contributed by atoms with Crippen molar-refractivity contribution in [3.63, 3.8) is 0 Å². The number of imidazole rings is 1. The summed E-state index contributed by atoms with van der Waals surface area (Å²) in [6, 6.07) is -3.84. The largest absolute Gasteiger partial charge is 0.481 e. The number of carbonyl (C=O) groups excluding carboxylic acids is 2. The number of carbonyl (C=O) groups is 4. The highest BCUT2D eigenvalue weighted by atomic mass is 16.4. The second-order valence-corrected chi connectivity index (χ2v) is 6.39. The minimum atomic E-state index is -1.38. The fraction of sp³-hybridized carbons (Fsp3) is 0.500. The van der Waals surface area contributed by atoms with Crippen molar-refractivity contribution in [3.8, 4) is 0 Å². The van der Waals surface area contributed by atoms with Gasteiger partial charge in [-0.2, -0.15) is 0 Å². The van der Waals surface area contributed by atoms with Crippen LogP contribution in [-0.2, 0) is 25.6 Å². The molecule has 2 amide bonds. The van der Waals surface area contributed by atoms with E-state index in [0.29, 0.717) is 5.69 Å². The molecule has 0 fully saturated rings. The predicted octanol–water partition coefficient (Wildman–Crippen LogP) is -3.14. The molecule has 0 aliphatic carbocycles. The van der Waals surface area contributed by atoms with Gasteiger partial charge < -0.3 is 43.0 Å². The van der Waals surface area contributed by atoms with Crippen LogP contribution in [0.15, 0.2) is 17.5 Å². The zero-order chi connectivity index (χ0) is 22.7. The number of nitrogens with zero attached hydrogens (tertiary/aromatic N) is 2. The van der Waals surface area contributed by atoms with Gasteiger partial charge in [-0.1, -0.05) is 0 Å². The van der Waals surface area contributed by atoms with Crippen LogP contribution in [0.3, 0.4) is 0 Å². The quantitative estimate of drug-likeness (QED) is 0.0893. The van der Waals surface area contributed by atoms with Crippen LogP contribution in [0.4, 0.5) is 0 Å². The third-order valence-corrected chi connectivity index (χ3v) is 3.90. The van der Waals surface area contributed by atoms with Crippen molar-refractivity contribution < 1.29 is 29.4 Å². The van der Waals surface area contributed by atoms with Crippen molar-refractivity contribution in [3.05, 3.63) is 18.2 Å². The van der Waals surface area contributed by atoms with E-state index in [1.807, 2.05) is 0 Å². The Kier molecular flexibility index (Phi) is 9.75. The van der Waals surface area contributed by atoms with E-state index in [9.17, 15) is 24.3 Å². The number of amides is 2. The van der Waals surface area contributed by atoms with E-state index in [1.165, 1.54) is 12.5 Å². The van der Waals surface area contributed by atoms with Crippen LogP contribution >= 0.6 is 0 Å². The summed E-state index contributed by atoms with van der Waals surface area (Å²) in [6.07, 6.45) is 2.45. The van der Waals surface area contributed by atoms with Gasteiger partial charge in [0.15, 0.2) is 5.96 Å². The van der Waals surface area contributed by atoms with Crippen molar-refractivity contribution in [1.29, 1.82) is 0 Å². The molecule has 0 aliphatic heterocycles. The van der Waals surface area contributed by atoms with Gasteiger partial charge in [-0.3, -0.25) is 19.4 Å². The number of carboxylic acid groups (broad SMARTS) is 2. The Morgan fingerprint density at radius 1 is 1.13 bits per heavy atom. The van der Waals surface area contributed by atoms with Crippen molar-refractivity contribution in [2.45, 2.75) is 43.8 Å². The van der Waals surface area contributed by atoms with Crippen LogP contribution in [0.5, 0.6) is 0 Å². The fourth-order valence-electron chi connectivity index (χ4n) is 2.42. The molecule has 0 saturated heterocycles. The average Bonchev–Trinajstić information content (AvgIpc) is 3.15.